The lowest BCUT2D eigenvalue weighted by atomic mass is 9.94. The average molecular weight is 350 g/mol. The zero-order chi connectivity index (χ0) is 17.2. The molecule has 25 heavy (non-hydrogen) atoms. The molecule has 0 aliphatic heterocycles. The monoisotopic (exact) mass is 350 g/mol. The molecule has 0 spiro atoms. The Morgan fingerprint density at radius 1 is 0.800 bits per heavy atom. The van der Waals surface area contributed by atoms with Crippen molar-refractivity contribution in [1.82, 2.24) is 0 Å². The second-order valence-electron chi connectivity index (χ2n) is 6.07. The first kappa shape index (κ1) is 16.6. The molecule has 3 heteroatoms. The fourth-order valence-corrected chi connectivity index (χ4v) is 4.57. The van der Waals surface area contributed by atoms with E-state index in [0.717, 1.165) is 5.75 Å². The number of ether oxygens (including phenoxy) is 2. The Balaban J connectivity index is 1.80. The van der Waals surface area contributed by atoms with Gasteiger partial charge in [0, 0.05) is 23.9 Å². The van der Waals surface area contributed by atoms with Crippen molar-refractivity contribution in [2.45, 2.75) is 25.0 Å². The molecule has 2 nitrogen and oxygen atoms in total. The van der Waals surface area contributed by atoms with Crippen LogP contribution in [0.3, 0.4) is 0 Å². The van der Waals surface area contributed by atoms with Crippen LogP contribution in [-0.4, -0.2) is 25.3 Å². The van der Waals surface area contributed by atoms with Crippen molar-refractivity contribution in [2.75, 3.05) is 19.0 Å². The highest BCUT2D eigenvalue weighted by Crippen LogP contribution is 2.39. The number of hydrogen-bond donors (Lipinski definition) is 0. The lowest BCUT2D eigenvalue weighted by molar-refractivity contribution is -0.120. The van der Waals surface area contributed by atoms with Crippen molar-refractivity contribution in [3.8, 4) is 0 Å². The van der Waals surface area contributed by atoms with E-state index >= 15 is 0 Å². The van der Waals surface area contributed by atoms with Crippen LogP contribution in [0.15, 0.2) is 59.5 Å². The number of rotatable bonds is 7. The Morgan fingerprint density at radius 3 is 2.16 bits per heavy atom. The first-order chi connectivity index (χ1) is 12.3. The van der Waals surface area contributed by atoms with Gasteiger partial charge in [0.25, 0.3) is 0 Å². The van der Waals surface area contributed by atoms with Crippen LogP contribution in [0.2, 0.25) is 0 Å². The normalized spacial score (nSPS) is 12.1. The Labute approximate surface area is 152 Å². The van der Waals surface area contributed by atoms with E-state index in [1.165, 1.54) is 37.2 Å². The second kappa shape index (κ2) is 7.20. The molecular weight excluding hydrogens is 328 g/mol. The maximum absolute atomic E-state index is 5.70. The van der Waals surface area contributed by atoms with Crippen molar-refractivity contribution in [2.24, 2.45) is 0 Å². The van der Waals surface area contributed by atoms with Crippen LogP contribution in [0.5, 0.6) is 0 Å². The van der Waals surface area contributed by atoms with E-state index in [4.69, 9.17) is 9.47 Å². The first-order valence-electron chi connectivity index (χ1n) is 8.84. The summed E-state index contributed by atoms with van der Waals surface area (Å²) in [7, 11) is 0. The summed E-state index contributed by atoms with van der Waals surface area (Å²) in [6.45, 7) is 5.35. The molecule has 0 fully saturated rings. The fourth-order valence-electron chi connectivity index (χ4n) is 3.52. The van der Waals surface area contributed by atoms with Gasteiger partial charge in [0.2, 0.25) is 0 Å². The van der Waals surface area contributed by atoms with Gasteiger partial charge in [0.05, 0.1) is 0 Å². The van der Waals surface area contributed by atoms with E-state index < -0.39 is 0 Å². The maximum atomic E-state index is 5.70. The van der Waals surface area contributed by atoms with Gasteiger partial charge in [-0.15, -0.1) is 11.8 Å². The van der Waals surface area contributed by atoms with Crippen LogP contribution in [0.25, 0.3) is 32.3 Å². The molecule has 0 aromatic heterocycles. The topological polar surface area (TPSA) is 18.5 Å². The van der Waals surface area contributed by atoms with Crippen LogP contribution in [0.4, 0.5) is 0 Å². The molecule has 0 aliphatic carbocycles. The molecule has 0 aliphatic rings. The van der Waals surface area contributed by atoms with Crippen LogP contribution in [0.1, 0.15) is 13.8 Å². The summed E-state index contributed by atoms with van der Waals surface area (Å²) in [5, 5.41) is 7.96. The van der Waals surface area contributed by atoms with Gasteiger partial charge in [0.1, 0.15) is 0 Å². The summed E-state index contributed by atoms with van der Waals surface area (Å²) in [5.41, 5.74) is 0. The zero-order valence-corrected chi connectivity index (χ0v) is 15.4. The maximum Gasteiger partial charge on any atom is 0.166 e. The third-order valence-electron chi connectivity index (χ3n) is 4.55. The van der Waals surface area contributed by atoms with Gasteiger partial charge in [-0.3, -0.25) is 0 Å². The highest BCUT2D eigenvalue weighted by atomic mass is 32.2. The second-order valence-corrected chi connectivity index (χ2v) is 7.14. The van der Waals surface area contributed by atoms with E-state index in [1.54, 1.807) is 0 Å². The minimum absolute atomic E-state index is 0.159. The molecule has 0 unspecified atom stereocenters. The summed E-state index contributed by atoms with van der Waals surface area (Å²) < 4.78 is 11.4. The van der Waals surface area contributed by atoms with Gasteiger partial charge >= 0.3 is 0 Å². The molecule has 4 rings (SSSR count). The van der Waals surface area contributed by atoms with Gasteiger partial charge < -0.3 is 9.47 Å². The minimum atomic E-state index is -0.159. The molecule has 0 heterocycles. The quantitative estimate of drug-likeness (QED) is 0.229. The van der Waals surface area contributed by atoms with Crippen LogP contribution < -0.4 is 0 Å². The Bertz CT molecular complexity index is 989. The van der Waals surface area contributed by atoms with E-state index in [1.807, 2.05) is 25.6 Å². The minimum Gasteiger partial charge on any atom is -0.352 e. The molecule has 0 bridgehead atoms. The molecule has 0 saturated heterocycles. The highest BCUT2D eigenvalue weighted by molar-refractivity contribution is 7.99. The third kappa shape index (κ3) is 3.08. The summed E-state index contributed by atoms with van der Waals surface area (Å²) in [6, 6.07) is 19.9. The molecule has 4 aromatic rings. The predicted octanol–water partition coefficient (Wildman–Crippen LogP) is 6.08. The molecule has 128 valence electrons. The van der Waals surface area contributed by atoms with Gasteiger partial charge in [-0.05, 0) is 52.2 Å². The first-order valence-corrected chi connectivity index (χ1v) is 9.83. The summed E-state index contributed by atoms with van der Waals surface area (Å²) in [4.78, 5) is 1.29. The standard InChI is InChI=1S/C22H22O2S/c1-3-23-20(24-4-2)14-25-19-13-17-9-5-7-15-11-12-16-8-6-10-18(19)22(16)21(15)17/h5-13,20H,3-4,14H2,1-2H3. The summed E-state index contributed by atoms with van der Waals surface area (Å²) in [6.07, 6.45) is -0.159. The molecular formula is C22H22O2S. The van der Waals surface area contributed by atoms with E-state index in [0.29, 0.717) is 13.2 Å². The van der Waals surface area contributed by atoms with Crippen molar-refractivity contribution in [3.05, 3.63) is 54.6 Å². The van der Waals surface area contributed by atoms with Crippen LogP contribution in [-0.2, 0) is 9.47 Å². The Hall–Kier alpha value is -1.81. The largest absolute Gasteiger partial charge is 0.352 e. The lowest BCUT2D eigenvalue weighted by Crippen LogP contribution is -2.19. The van der Waals surface area contributed by atoms with Gasteiger partial charge in [0.15, 0.2) is 6.29 Å². The van der Waals surface area contributed by atoms with Crippen molar-refractivity contribution in [3.63, 3.8) is 0 Å². The van der Waals surface area contributed by atoms with Crippen LogP contribution in [0, 0.1) is 0 Å². The van der Waals surface area contributed by atoms with Crippen LogP contribution >= 0.6 is 11.8 Å². The van der Waals surface area contributed by atoms with E-state index in [-0.39, 0.29) is 6.29 Å². The molecule has 0 radical (unpaired) electrons. The summed E-state index contributed by atoms with van der Waals surface area (Å²) in [5.74, 6) is 0.794. The molecule has 4 aromatic carbocycles. The SMILES string of the molecule is CCOC(CSc1cc2cccc3ccc4cccc1c4c32)OCC. The number of benzene rings is 4. The predicted molar refractivity (Wildman–Crippen MR) is 108 cm³/mol. The zero-order valence-electron chi connectivity index (χ0n) is 14.6. The highest BCUT2D eigenvalue weighted by Gasteiger charge is 2.14. The fraction of sp³-hybridized carbons (Fsp3) is 0.273. The van der Waals surface area contributed by atoms with Gasteiger partial charge in [-0.1, -0.05) is 48.5 Å². The smallest absolute Gasteiger partial charge is 0.166 e. The van der Waals surface area contributed by atoms with Crippen molar-refractivity contribution < 1.29 is 9.47 Å². The molecule has 0 atom stereocenters. The average Bonchev–Trinajstić information content (AvgIpc) is 2.65. The number of hydrogen-bond acceptors (Lipinski definition) is 3. The molecule has 0 saturated carbocycles. The van der Waals surface area contributed by atoms with Gasteiger partial charge in [-0.2, -0.15) is 0 Å². The third-order valence-corrected chi connectivity index (χ3v) is 5.64. The molecule has 0 N–H and O–H groups in total. The van der Waals surface area contributed by atoms with Crippen molar-refractivity contribution >= 4 is 44.1 Å². The van der Waals surface area contributed by atoms with Gasteiger partial charge in [-0.25, -0.2) is 0 Å². The number of thioether (sulfide) groups is 1. The van der Waals surface area contributed by atoms with E-state index in [9.17, 15) is 0 Å². The van der Waals surface area contributed by atoms with E-state index in [2.05, 4.69) is 54.6 Å². The Morgan fingerprint density at radius 2 is 1.44 bits per heavy atom. The lowest BCUT2D eigenvalue weighted by Gasteiger charge is -2.18. The summed E-state index contributed by atoms with van der Waals surface area (Å²) >= 11 is 1.82. The molecule has 0 amide bonds. The Kier molecular flexibility index (Phi) is 4.80. The van der Waals surface area contributed by atoms with Crippen molar-refractivity contribution in [1.29, 1.82) is 0 Å².